The number of unbranched alkanes of at least 4 members (excludes halogenated alkanes) is 2. The molecule has 2 aromatic heterocycles. The van der Waals surface area contributed by atoms with E-state index in [4.69, 9.17) is 0 Å². The standard InChI is InChI=1S/C17H19FN4O/c1-3-5-6-7-15(23)22-14(4-2)21-16-17(22)20-12-9-8-11(18)10-13(12)19-16/h8-10H,3-7H2,1-2H3. The first-order chi connectivity index (χ1) is 11.1. The minimum absolute atomic E-state index is 0.00596. The first kappa shape index (κ1) is 15.5. The summed E-state index contributed by atoms with van der Waals surface area (Å²) in [5, 5.41) is 0. The van der Waals surface area contributed by atoms with Gasteiger partial charge in [0.1, 0.15) is 11.6 Å². The number of carbonyl (C=O) groups excluding carboxylic acids is 1. The highest BCUT2D eigenvalue weighted by Crippen LogP contribution is 2.19. The van der Waals surface area contributed by atoms with Crippen molar-refractivity contribution in [3.8, 4) is 0 Å². The van der Waals surface area contributed by atoms with Crippen molar-refractivity contribution in [1.82, 2.24) is 19.5 Å². The highest BCUT2D eigenvalue weighted by Gasteiger charge is 2.18. The van der Waals surface area contributed by atoms with E-state index in [1.54, 1.807) is 10.6 Å². The average molecular weight is 314 g/mol. The number of aryl methyl sites for hydroxylation is 1. The van der Waals surface area contributed by atoms with Gasteiger partial charge in [0.05, 0.1) is 11.0 Å². The predicted molar refractivity (Wildman–Crippen MR) is 86.9 cm³/mol. The summed E-state index contributed by atoms with van der Waals surface area (Å²) >= 11 is 0. The van der Waals surface area contributed by atoms with Gasteiger partial charge >= 0.3 is 0 Å². The van der Waals surface area contributed by atoms with Crippen LogP contribution in [0.1, 0.15) is 50.1 Å². The first-order valence-corrected chi connectivity index (χ1v) is 8.01. The van der Waals surface area contributed by atoms with Crippen LogP contribution in [0.15, 0.2) is 18.2 Å². The lowest BCUT2D eigenvalue weighted by atomic mass is 10.2. The van der Waals surface area contributed by atoms with Crippen LogP contribution in [0, 0.1) is 5.82 Å². The van der Waals surface area contributed by atoms with Crippen LogP contribution in [0.5, 0.6) is 0 Å². The zero-order valence-corrected chi connectivity index (χ0v) is 13.3. The van der Waals surface area contributed by atoms with Crippen molar-refractivity contribution in [2.45, 2.75) is 46.0 Å². The highest BCUT2D eigenvalue weighted by molar-refractivity contribution is 5.91. The van der Waals surface area contributed by atoms with Crippen molar-refractivity contribution in [3.63, 3.8) is 0 Å². The number of hydrogen-bond acceptors (Lipinski definition) is 4. The molecule has 0 aliphatic carbocycles. The molecule has 1 aromatic carbocycles. The molecule has 0 aliphatic heterocycles. The summed E-state index contributed by atoms with van der Waals surface area (Å²) in [6, 6.07) is 4.24. The van der Waals surface area contributed by atoms with Crippen LogP contribution in [0.25, 0.3) is 22.3 Å². The van der Waals surface area contributed by atoms with Crippen molar-refractivity contribution in [1.29, 1.82) is 0 Å². The third kappa shape index (κ3) is 2.93. The van der Waals surface area contributed by atoms with Crippen molar-refractivity contribution in [2.75, 3.05) is 0 Å². The Labute approximate surface area is 133 Å². The maximum Gasteiger partial charge on any atom is 0.233 e. The van der Waals surface area contributed by atoms with E-state index in [2.05, 4.69) is 21.9 Å². The summed E-state index contributed by atoms with van der Waals surface area (Å²) in [5.41, 5.74) is 1.86. The van der Waals surface area contributed by atoms with E-state index in [9.17, 15) is 9.18 Å². The van der Waals surface area contributed by atoms with Crippen LogP contribution >= 0.6 is 0 Å². The van der Waals surface area contributed by atoms with Crippen LogP contribution in [-0.4, -0.2) is 25.4 Å². The topological polar surface area (TPSA) is 60.7 Å². The lowest BCUT2D eigenvalue weighted by Crippen LogP contribution is -2.14. The molecule has 0 saturated carbocycles. The first-order valence-electron chi connectivity index (χ1n) is 8.01. The molecule has 3 rings (SSSR count). The van der Waals surface area contributed by atoms with Crippen molar-refractivity contribution < 1.29 is 9.18 Å². The van der Waals surface area contributed by atoms with Crippen LogP contribution in [-0.2, 0) is 6.42 Å². The number of nitrogens with zero attached hydrogens (tertiary/aromatic N) is 4. The number of rotatable bonds is 5. The smallest absolute Gasteiger partial charge is 0.233 e. The van der Waals surface area contributed by atoms with E-state index >= 15 is 0 Å². The van der Waals surface area contributed by atoms with Gasteiger partial charge in [-0.05, 0) is 18.6 Å². The molecule has 0 spiro atoms. The Kier molecular flexibility index (Phi) is 4.32. The average Bonchev–Trinajstić information content (AvgIpc) is 2.90. The molecule has 0 amide bonds. The molecule has 23 heavy (non-hydrogen) atoms. The van der Waals surface area contributed by atoms with Crippen molar-refractivity contribution in [3.05, 3.63) is 29.8 Å². The molecule has 0 bridgehead atoms. The summed E-state index contributed by atoms with van der Waals surface area (Å²) in [6.07, 6.45) is 4.02. The molecule has 0 atom stereocenters. The molecule has 0 fully saturated rings. The maximum atomic E-state index is 13.3. The highest BCUT2D eigenvalue weighted by atomic mass is 19.1. The predicted octanol–water partition coefficient (Wildman–Crippen LogP) is 3.90. The fourth-order valence-corrected chi connectivity index (χ4v) is 2.67. The fraction of sp³-hybridized carbons (Fsp3) is 0.412. The zero-order chi connectivity index (χ0) is 16.4. The summed E-state index contributed by atoms with van der Waals surface area (Å²) in [6.45, 7) is 4.04. The Hall–Kier alpha value is -2.37. The SMILES string of the molecule is CCCCCC(=O)n1c(CC)nc2nc3cc(F)ccc3nc21. The Balaban J connectivity index is 2.11. The second-order valence-electron chi connectivity index (χ2n) is 5.57. The van der Waals surface area contributed by atoms with Crippen molar-refractivity contribution in [2.24, 2.45) is 0 Å². The molecule has 0 N–H and O–H groups in total. The summed E-state index contributed by atoms with van der Waals surface area (Å²) in [5.74, 6) is 0.280. The van der Waals surface area contributed by atoms with Crippen LogP contribution < -0.4 is 0 Å². The third-order valence-electron chi connectivity index (χ3n) is 3.85. The number of halogens is 1. The van der Waals surface area contributed by atoms with Gasteiger partial charge in [0.2, 0.25) is 5.91 Å². The second kappa shape index (κ2) is 6.40. The Bertz CT molecular complexity index is 872. The molecule has 5 nitrogen and oxygen atoms in total. The molecule has 0 radical (unpaired) electrons. The van der Waals surface area contributed by atoms with Crippen LogP contribution in [0.4, 0.5) is 4.39 Å². The molecule has 120 valence electrons. The van der Waals surface area contributed by atoms with E-state index in [0.717, 1.165) is 19.3 Å². The third-order valence-corrected chi connectivity index (χ3v) is 3.85. The molecular formula is C17H19FN4O. The van der Waals surface area contributed by atoms with Gasteiger partial charge in [0.15, 0.2) is 11.3 Å². The largest absolute Gasteiger partial charge is 0.274 e. The number of carbonyl (C=O) groups is 1. The second-order valence-corrected chi connectivity index (χ2v) is 5.57. The molecule has 0 unspecified atom stereocenters. The fourth-order valence-electron chi connectivity index (χ4n) is 2.67. The molecule has 3 aromatic rings. The number of benzene rings is 1. The van der Waals surface area contributed by atoms with Gasteiger partial charge < -0.3 is 0 Å². The summed E-state index contributed by atoms with van der Waals surface area (Å²) in [4.78, 5) is 25.8. The minimum atomic E-state index is -0.364. The summed E-state index contributed by atoms with van der Waals surface area (Å²) < 4.78 is 14.9. The molecule has 6 heteroatoms. The van der Waals surface area contributed by atoms with Crippen LogP contribution in [0.2, 0.25) is 0 Å². The lowest BCUT2D eigenvalue weighted by molar-refractivity contribution is 0.0900. The van der Waals surface area contributed by atoms with Gasteiger partial charge in [0, 0.05) is 18.9 Å². The molecular weight excluding hydrogens is 295 g/mol. The quantitative estimate of drug-likeness (QED) is 0.670. The monoisotopic (exact) mass is 314 g/mol. The van der Waals surface area contributed by atoms with Crippen LogP contribution in [0.3, 0.4) is 0 Å². The van der Waals surface area contributed by atoms with E-state index < -0.39 is 0 Å². The maximum absolute atomic E-state index is 13.3. The molecule has 0 aliphatic rings. The van der Waals surface area contributed by atoms with Gasteiger partial charge in [-0.25, -0.2) is 23.9 Å². The number of fused-ring (bicyclic) bond motifs is 2. The van der Waals surface area contributed by atoms with Gasteiger partial charge in [0.25, 0.3) is 0 Å². The van der Waals surface area contributed by atoms with Gasteiger partial charge in [-0.3, -0.25) is 4.79 Å². The normalized spacial score (nSPS) is 11.4. The van der Waals surface area contributed by atoms with E-state index in [-0.39, 0.29) is 11.7 Å². The minimum Gasteiger partial charge on any atom is -0.274 e. The summed E-state index contributed by atoms with van der Waals surface area (Å²) in [7, 11) is 0. The molecule has 0 saturated heterocycles. The van der Waals surface area contributed by atoms with Gasteiger partial charge in [-0.2, -0.15) is 0 Å². The number of hydrogen-bond donors (Lipinski definition) is 0. The zero-order valence-electron chi connectivity index (χ0n) is 13.3. The van der Waals surface area contributed by atoms with Crippen molar-refractivity contribution >= 4 is 28.2 Å². The number of imidazole rings is 1. The Morgan fingerprint density at radius 3 is 2.70 bits per heavy atom. The van der Waals surface area contributed by atoms with E-state index in [1.165, 1.54) is 12.1 Å². The van der Waals surface area contributed by atoms with E-state index in [1.807, 2.05) is 6.92 Å². The van der Waals surface area contributed by atoms with E-state index in [0.29, 0.717) is 41.0 Å². The Morgan fingerprint density at radius 2 is 1.96 bits per heavy atom. The Morgan fingerprint density at radius 1 is 1.13 bits per heavy atom. The number of aromatic nitrogens is 4. The lowest BCUT2D eigenvalue weighted by Gasteiger charge is -2.06. The van der Waals surface area contributed by atoms with Gasteiger partial charge in [-0.1, -0.05) is 26.7 Å². The van der Waals surface area contributed by atoms with Gasteiger partial charge in [-0.15, -0.1) is 0 Å². The molecule has 2 heterocycles.